The zero-order valence-corrected chi connectivity index (χ0v) is 19.6. The van der Waals surface area contributed by atoms with Crippen LogP contribution in [-0.4, -0.2) is 92.1 Å². The molecule has 0 spiro atoms. The highest BCUT2D eigenvalue weighted by Crippen LogP contribution is 2.34. The van der Waals surface area contributed by atoms with Crippen LogP contribution in [0.15, 0.2) is 36.4 Å². The first-order valence-corrected chi connectivity index (χ1v) is 11.4. The van der Waals surface area contributed by atoms with Crippen LogP contribution in [0.4, 0.5) is 5.69 Å². The maximum absolute atomic E-state index is 13.0. The number of piperazine rings is 1. The molecule has 0 saturated carbocycles. The first-order chi connectivity index (χ1) is 16.4. The van der Waals surface area contributed by atoms with E-state index in [0.29, 0.717) is 60.5 Å². The second kappa shape index (κ2) is 10.4. The van der Waals surface area contributed by atoms with Gasteiger partial charge >= 0.3 is 0 Å². The molecule has 34 heavy (non-hydrogen) atoms. The molecule has 2 aliphatic heterocycles. The van der Waals surface area contributed by atoms with E-state index in [1.165, 1.54) is 18.1 Å². The summed E-state index contributed by atoms with van der Waals surface area (Å²) in [6.45, 7) is 2.78. The Kier molecular flexibility index (Phi) is 7.35. The van der Waals surface area contributed by atoms with Crippen molar-refractivity contribution in [2.24, 2.45) is 0 Å². The lowest BCUT2D eigenvalue weighted by Gasteiger charge is -2.34. The van der Waals surface area contributed by atoms with E-state index >= 15 is 0 Å². The van der Waals surface area contributed by atoms with E-state index in [2.05, 4.69) is 4.90 Å². The third kappa shape index (κ3) is 5.01. The van der Waals surface area contributed by atoms with Crippen molar-refractivity contribution < 1.29 is 29.0 Å². The average Bonchev–Trinajstić information content (AvgIpc) is 2.85. The number of ketones is 1. The number of methoxy groups -OCH3 is 1. The number of hydrogen-bond donors (Lipinski definition) is 1. The second-order valence-electron chi connectivity index (χ2n) is 8.08. The Hall–Kier alpha value is -3.14. The molecule has 0 radical (unpaired) electrons. The van der Waals surface area contributed by atoms with Crippen molar-refractivity contribution in [1.29, 1.82) is 0 Å². The van der Waals surface area contributed by atoms with Gasteiger partial charge in [-0.3, -0.25) is 24.2 Å². The number of amides is 2. The number of aliphatic hydroxyl groups excluding tert-OH is 1. The molecule has 0 aromatic heterocycles. The Labute approximate surface area is 202 Å². The molecule has 0 atom stereocenters. The van der Waals surface area contributed by atoms with Crippen LogP contribution in [0.3, 0.4) is 0 Å². The van der Waals surface area contributed by atoms with E-state index < -0.39 is 0 Å². The van der Waals surface area contributed by atoms with Crippen LogP contribution in [0.2, 0.25) is 5.02 Å². The molecule has 2 aromatic rings. The summed E-state index contributed by atoms with van der Waals surface area (Å²) in [5, 5.41) is 9.47. The molecule has 0 unspecified atom stereocenters. The topological polar surface area (TPSA) is 99.6 Å². The highest BCUT2D eigenvalue weighted by atomic mass is 35.5. The lowest BCUT2D eigenvalue weighted by atomic mass is 10.1. The van der Waals surface area contributed by atoms with Gasteiger partial charge < -0.3 is 19.5 Å². The molecule has 180 valence electrons. The van der Waals surface area contributed by atoms with Crippen LogP contribution in [-0.2, 0) is 4.79 Å². The van der Waals surface area contributed by atoms with Gasteiger partial charge in [0.1, 0.15) is 11.5 Å². The number of hydrogen-bond acceptors (Lipinski definition) is 7. The number of fused-ring (bicyclic) bond motifs is 1. The first kappa shape index (κ1) is 24.0. The highest BCUT2D eigenvalue weighted by Gasteiger charge is 2.30. The van der Waals surface area contributed by atoms with Gasteiger partial charge in [0.15, 0.2) is 12.4 Å². The molecule has 0 bridgehead atoms. The van der Waals surface area contributed by atoms with Crippen LogP contribution >= 0.6 is 11.6 Å². The Morgan fingerprint density at radius 1 is 1.12 bits per heavy atom. The number of carbonyl (C=O) groups excluding carboxylic acids is 3. The molecule has 10 heteroatoms. The van der Waals surface area contributed by atoms with Crippen molar-refractivity contribution in [2.45, 2.75) is 0 Å². The van der Waals surface area contributed by atoms with Crippen molar-refractivity contribution in [1.82, 2.24) is 9.80 Å². The van der Waals surface area contributed by atoms with E-state index in [0.717, 1.165) is 0 Å². The predicted octanol–water partition coefficient (Wildman–Crippen LogP) is 1.71. The van der Waals surface area contributed by atoms with Crippen LogP contribution in [0.25, 0.3) is 0 Å². The van der Waals surface area contributed by atoms with E-state index in [4.69, 9.17) is 26.2 Å². The van der Waals surface area contributed by atoms with Crippen molar-refractivity contribution in [2.75, 3.05) is 64.5 Å². The number of benzene rings is 2. The summed E-state index contributed by atoms with van der Waals surface area (Å²) in [4.78, 5) is 43.8. The number of ether oxygens (including phenoxy) is 2. The molecule has 1 N–H and O–H groups in total. The number of nitrogens with zero attached hydrogens (tertiary/aromatic N) is 3. The molecule has 1 fully saturated rings. The van der Waals surface area contributed by atoms with Crippen molar-refractivity contribution in [3.63, 3.8) is 0 Å². The Bertz CT molecular complexity index is 1100. The number of β-amino-alcohol motifs (C(OH)–C–C–N with tert-alkyl or cyclic N) is 1. The molecule has 0 aliphatic carbocycles. The molecular formula is C24H26ClN3O6. The van der Waals surface area contributed by atoms with Crippen molar-refractivity contribution in [3.8, 4) is 11.5 Å². The summed E-state index contributed by atoms with van der Waals surface area (Å²) in [5.41, 5.74) is 1.16. The van der Waals surface area contributed by atoms with Gasteiger partial charge in [0.05, 0.1) is 31.5 Å². The van der Waals surface area contributed by atoms with Gasteiger partial charge in [-0.2, -0.15) is 0 Å². The number of carbonyl (C=O) groups is 3. The van der Waals surface area contributed by atoms with E-state index in [1.807, 2.05) is 0 Å². The molecule has 4 rings (SSSR count). The fraction of sp³-hybridized carbons (Fsp3) is 0.375. The van der Waals surface area contributed by atoms with Gasteiger partial charge in [-0.25, -0.2) is 0 Å². The summed E-state index contributed by atoms with van der Waals surface area (Å²) >= 11 is 6.05. The minimum absolute atomic E-state index is 0.0952. The molecule has 1 saturated heterocycles. The molecule has 2 aromatic carbocycles. The Morgan fingerprint density at radius 3 is 2.59 bits per heavy atom. The Morgan fingerprint density at radius 2 is 1.88 bits per heavy atom. The maximum atomic E-state index is 13.0. The van der Waals surface area contributed by atoms with Gasteiger partial charge in [0, 0.05) is 43.3 Å². The summed E-state index contributed by atoms with van der Waals surface area (Å²) in [6.07, 6.45) is 0. The number of aliphatic hydroxyl groups is 1. The predicted molar refractivity (Wildman–Crippen MR) is 126 cm³/mol. The third-order valence-corrected chi connectivity index (χ3v) is 6.22. The lowest BCUT2D eigenvalue weighted by molar-refractivity contribution is -0.121. The SMILES string of the molecule is COc1ccc(Cl)cc1C(=O)CN1C(=O)COc2cc(C(=O)N3CCN(CCO)CC3)ccc21. The van der Waals surface area contributed by atoms with Crippen LogP contribution < -0.4 is 14.4 Å². The molecular weight excluding hydrogens is 462 g/mol. The van der Waals surface area contributed by atoms with Crippen LogP contribution in [0.5, 0.6) is 11.5 Å². The number of Topliss-reactive ketones (excluding diaryl/α,β-unsaturated/α-hetero) is 1. The normalized spacial score (nSPS) is 16.1. The third-order valence-electron chi connectivity index (χ3n) is 5.99. The van der Waals surface area contributed by atoms with Gasteiger partial charge in [-0.1, -0.05) is 11.6 Å². The van der Waals surface area contributed by atoms with Crippen LogP contribution in [0.1, 0.15) is 20.7 Å². The quantitative estimate of drug-likeness (QED) is 0.593. The number of rotatable bonds is 7. The zero-order chi connectivity index (χ0) is 24.2. The Balaban J connectivity index is 1.51. The second-order valence-corrected chi connectivity index (χ2v) is 8.51. The van der Waals surface area contributed by atoms with Gasteiger partial charge in [-0.15, -0.1) is 0 Å². The number of halogens is 1. The fourth-order valence-corrected chi connectivity index (χ4v) is 4.31. The van der Waals surface area contributed by atoms with E-state index in [9.17, 15) is 14.4 Å². The summed E-state index contributed by atoms with van der Waals surface area (Å²) in [7, 11) is 1.46. The molecule has 2 heterocycles. The minimum Gasteiger partial charge on any atom is -0.496 e. The fourth-order valence-electron chi connectivity index (χ4n) is 4.14. The average molecular weight is 488 g/mol. The van der Waals surface area contributed by atoms with Crippen molar-refractivity contribution >= 4 is 34.9 Å². The first-order valence-electron chi connectivity index (χ1n) is 11.0. The smallest absolute Gasteiger partial charge is 0.265 e. The largest absolute Gasteiger partial charge is 0.496 e. The maximum Gasteiger partial charge on any atom is 0.265 e. The minimum atomic E-state index is -0.360. The molecule has 9 nitrogen and oxygen atoms in total. The molecule has 2 aliphatic rings. The summed E-state index contributed by atoms with van der Waals surface area (Å²) in [5.74, 6) is -0.0776. The van der Waals surface area contributed by atoms with E-state index in [-0.39, 0.29) is 42.9 Å². The van der Waals surface area contributed by atoms with Gasteiger partial charge in [0.2, 0.25) is 0 Å². The van der Waals surface area contributed by atoms with Crippen molar-refractivity contribution in [3.05, 3.63) is 52.5 Å². The monoisotopic (exact) mass is 487 g/mol. The highest BCUT2D eigenvalue weighted by molar-refractivity contribution is 6.31. The van der Waals surface area contributed by atoms with Gasteiger partial charge in [0.25, 0.3) is 11.8 Å². The van der Waals surface area contributed by atoms with Crippen LogP contribution in [0, 0.1) is 0 Å². The van der Waals surface area contributed by atoms with E-state index in [1.54, 1.807) is 35.2 Å². The standard InChI is InChI=1S/C24H26ClN3O6/c1-33-21-5-3-17(25)13-18(21)20(30)14-28-19-4-2-16(12-22(19)34-15-23(28)31)24(32)27-8-6-26(7-9-27)10-11-29/h2-5,12-13,29H,6-11,14-15H2,1H3. The number of anilines is 1. The molecule has 2 amide bonds. The lowest BCUT2D eigenvalue weighted by Crippen LogP contribution is -2.49. The summed E-state index contributed by atoms with van der Waals surface area (Å²) < 4.78 is 10.9. The summed E-state index contributed by atoms with van der Waals surface area (Å²) in [6, 6.07) is 9.62. The zero-order valence-electron chi connectivity index (χ0n) is 18.8. The van der Waals surface area contributed by atoms with Gasteiger partial charge in [-0.05, 0) is 36.4 Å².